The highest BCUT2D eigenvalue weighted by Crippen LogP contribution is 2.18. The predicted molar refractivity (Wildman–Crippen MR) is 72.5 cm³/mol. The molecule has 0 fully saturated rings. The van der Waals surface area contributed by atoms with E-state index in [-0.39, 0.29) is 0 Å². The summed E-state index contributed by atoms with van der Waals surface area (Å²) >= 11 is 3.53. The van der Waals surface area contributed by atoms with Gasteiger partial charge in [0.15, 0.2) is 0 Å². The standard InChI is InChI=1S/C13H18BrNO/c1-11(10-15-7-8-16-2)9-12-5-3-4-6-13(12)14/h3-6,9,15H,7-8,10H2,1-2H3. The number of methoxy groups -OCH3 is 1. The zero-order chi connectivity index (χ0) is 11.8. The molecule has 0 aliphatic rings. The van der Waals surface area contributed by atoms with Crippen LogP contribution in [0, 0.1) is 0 Å². The molecule has 16 heavy (non-hydrogen) atoms. The molecule has 1 N–H and O–H groups in total. The second kappa shape index (κ2) is 7.60. The summed E-state index contributed by atoms with van der Waals surface area (Å²) in [5.74, 6) is 0. The fourth-order valence-electron chi connectivity index (χ4n) is 1.37. The smallest absolute Gasteiger partial charge is 0.0587 e. The van der Waals surface area contributed by atoms with Crippen molar-refractivity contribution in [1.82, 2.24) is 5.32 Å². The summed E-state index contributed by atoms with van der Waals surface area (Å²) in [7, 11) is 1.71. The van der Waals surface area contributed by atoms with Gasteiger partial charge in [-0.1, -0.05) is 45.8 Å². The molecule has 88 valence electrons. The minimum Gasteiger partial charge on any atom is -0.383 e. The van der Waals surface area contributed by atoms with Crippen LogP contribution in [-0.4, -0.2) is 26.8 Å². The molecule has 0 spiro atoms. The topological polar surface area (TPSA) is 21.3 Å². The van der Waals surface area contributed by atoms with Crippen molar-refractivity contribution >= 4 is 22.0 Å². The maximum Gasteiger partial charge on any atom is 0.0587 e. The highest BCUT2D eigenvalue weighted by molar-refractivity contribution is 9.10. The van der Waals surface area contributed by atoms with Gasteiger partial charge in [0.25, 0.3) is 0 Å². The molecule has 1 aromatic rings. The Labute approximate surface area is 106 Å². The molecule has 0 heterocycles. The van der Waals surface area contributed by atoms with Crippen molar-refractivity contribution in [1.29, 1.82) is 0 Å². The Balaban J connectivity index is 2.47. The molecule has 0 radical (unpaired) electrons. The summed E-state index contributed by atoms with van der Waals surface area (Å²) in [6, 6.07) is 8.22. The molecule has 0 saturated heterocycles. The summed E-state index contributed by atoms with van der Waals surface area (Å²) in [5.41, 5.74) is 2.52. The van der Waals surface area contributed by atoms with Crippen LogP contribution in [0.2, 0.25) is 0 Å². The highest BCUT2D eigenvalue weighted by Gasteiger charge is 1.95. The summed E-state index contributed by atoms with van der Waals surface area (Å²) in [6.07, 6.45) is 2.18. The molecule has 0 aliphatic heterocycles. The van der Waals surface area contributed by atoms with Crippen LogP contribution < -0.4 is 5.32 Å². The number of nitrogens with one attached hydrogen (secondary N) is 1. The van der Waals surface area contributed by atoms with E-state index in [0.717, 1.165) is 24.2 Å². The van der Waals surface area contributed by atoms with Crippen LogP contribution >= 0.6 is 15.9 Å². The lowest BCUT2D eigenvalue weighted by Gasteiger charge is -2.05. The molecule has 0 amide bonds. The van der Waals surface area contributed by atoms with Crippen LogP contribution in [-0.2, 0) is 4.74 Å². The van der Waals surface area contributed by atoms with E-state index in [2.05, 4.69) is 46.4 Å². The first kappa shape index (κ1) is 13.4. The van der Waals surface area contributed by atoms with Crippen LogP contribution in [0.4, 0.5) is 0 Å². The monoisotopic (exact) mass is 283 g/mol. The molecular weight excluding hydrogens is 266 g/mol. The Morgan fingerprint density at radius 1 is 1.44 bits per heavy atom. The summed E-state index contributed by atoms with van der Waals surface area (Å²) < 4.78 is 6.10. The molecule has 0 saturated carbocycles. The zero-order valence-corrected chi connectivity index (χ0v) is 11.4. The number of halogens is 1. The Kier molecular flexibility index (Phi) is 6.38. The maximum atomic E-state index is 4.97. The lowest BCUT2D eigenvalue weighted by atomic mass is 10.1. The first-order valence-corrected chi connectivity index (χ1v) is 6.14. The van der Waals surface area contributed by atoms with Gasteiger partial charge in [0.2, 0.25) is 0 Å². The molecule has 2 nitrogen and oxygen atoms in total. The van der Waals surface area contributed by atoms with Crippen LogP contribution in [0.3, 0.4) is 0 Å². The normalized spacial score (nSPS) is 11.8. The van der Waals surface area contributed by atoms with Crippen molar-refractivity contribution in [3.63, 3.8) is 0 Å². The number of benzene rings is 1. The average molecular weight is 284 g/mol. The third kappa shape index (κ3) is 4.92. The number of rotatable bonds is 6. The van der Waals surface area contributed by atoms with Crippen molar-refractivity contribution in [2.75, 3.05) is 26.8 Å². The van der Waals surface area contributed by atoms with E-state index < -0.39 is 0 Å². The van der Waals surface area contributed by atoms with Crippen molar-refractivity contribution in [3.05, 3.63) is 39.9 Å². The molecule has 0 aliphatic carbocycles. The molecule has 0 atom stereocenters. The largest absolute Gasteiger partial charge is 0.383 e. The fourth-order valence-corrected chi connectivity index (χ4v) is 1.77. The SMILES string of the molecule is COCCNCC(C)=Cc1ccccc1Br. The minimum absolute atomic E-state index is 0.752. The zero-order valence-electron chi connectivity index (χ0n) is 9.79. The minimum atomic E-state index is 0.752. The van der Waals surface area contributed by atoms with E-state index in [0.29, 0.717) is 0 Å². The fraction of sp³-hybridized carbons (Fsp3) is 0.385. The van der Waals surface area contributed by atoms with Gasteiger partial charge < -0.3 is 10.1 Å². The van der Waals surface area contributed by atoms with Gasteiger partial charge in [0.1, 0.15) is 0 Å². The van der Waals surface area contributed by atoms with Crippen molar-refractivity contribution in [2.24, 2.45) is 0 Å². The maximum absolute atomic E-state index is 4.97. The van der Waals surface area contributed by atoms with Crippen LogP contribution in [0.5, 0.6) is 0 Å². The number of hydrogen-bond acceptors (Lipinski definition) is 2. The van der Waals surface area contributed by atoms with Gasteiger partial charge in [-0.15, -0.1) is 0 Å². The number of ether oxygens (including phenoxy) is 1. The van der Waals surface area contributed by atoms with Crippen LogP contribution in [0.15, 0.2) is 34.3 Å². The van der Waals surface area contributed by atoms with Crippen LogP contribution in [0.1, 0.15) is 12.5 Å². The second-order valence-corrected chi connectivity index (χ2v) is 4.54. The molecular formula is C13H18BrNO. The number of hydrogen-bond donors (Lipinski definition) is 1. The summed E-state index contributed by atoms with van der Waals surface area (Å²) in [6.45, 7) is 4.66. The Bertz CT molecular complexity index is 350. The third-order valence-electron chi connectivity index (χ3n) is 2.19. The van der Waals surface area contributed by atoms with Gasteiger partial charge in [-0.05, 0) is 18.6 Å². The summed E-state index contributed by atoms with van der Waals surface area (Å²) in [4.78, 5) is 0. The van der Waals surface area contributed by atoms with Gasteiger partial charge in [-0.25, -0.2) is 0 Å². The lowest BCUT2D eigenvalue weighted by molar-refractivity contribution is 0.200. The van der Waals surface area contributed by atoms with Gasteiger partial charge in [0.05, 0.1) is 6.61 Å². The molecule has 0 aromatic heterocycles. The van der Waals surface area contributed by atoms with Crippen molar-refractivity contribution < 1.29 is 4.74 Å². The van der Waals surface area contributed by atoms with E-state index in [9.17, 15) is 0 Å². The molecule has 1 aromatic carbocycles. The van der Waals surface area contributed by atoms with E-state index in [1.165, 1.54) is 11.1 Å². The van der Waals surface area contributed by atoms with Gasteiger partial charge in [0, 0.05) is 24.7 Å². The molecule has 0 unspecified atom stereocenters. The first-order valence-electron chi connectivity index (χ1n) is 5.35. The Morgan fingerprint density at radius 3 is 2.88 bits per heavy atom. The molecule has 1 rings (SSSR count). The highest BCUT2D eigenvalue weighted by atomic mass is 79.9. The third-order valence-corrected chi connectivity index (χ3v) is 2.92. The van der Waals surface area contributed by atoms with E-state index in [1.807, 2.05) is 12.1 Å². The summed E-state index contributed by atoms with van der Waals surface area (Å²) in [5, 5.41) is 3.32. The van der Waals surface area contributed by atoms with E-state index >= 15 is 0 Å². The van der Waals surface area contributed by atoms with Gasteiger partial charge in [-0.2, -0.15) is 0 Å². The van der Waals surface area contributed by atoms with Crippen molar-refractivity contribution in [3.8, 4) is 0 Å². The average Bonchev–Trinajstić information content (AvgIpc) is 2.28. The lowest BCUT2D eigenvalue weighted by Crippen LogP contribution is -2.20. The second-order valence-electron chi connectivity index (χ2n) is 3.68. The van der Waals surface area contributed by atoms with Crippen molar-refractivity contribution in [2.45, 2.75) is 6.92 Å². The quantitative estimate of drug-likeness (QED) is 0.811. The predicted octanol–water partition coefficient (Wildman–Crippen LogP) is 3.09. The molecule has 0 bridgehead atoms. The van der Waals surface area contributed by atoms with Crippen LogP contribution in [0.25, 0.3) is 6.08 Å². The van der Waals surface area contributed by atoms with E-state index in [4.69, 9.17) is 4.74 Å². The van der Waals surface area contributed by atoms with Gasteiger partial charge in [-0.3, -0.25) is 0 Å². The molecule has 3 heteroatoms. The van der Waals surface area contributed by atoms with Gasteiger partial charge >= 0.3 is 0 Å². The first-order chi connectivity index (χ1) is 7.74. The van der Waals surface area contributed by atoms with E-state index in [1.54, 1.807) is 7.11 Å². The Morgan fingerprint density at radius 2 is 2.19 bits per heavy atom. The Hall–Kier alpha value is -0.640.